The Labute approximate surface area is 151 Å². The Kier molecular flexibility index (Phi) is 4.18. The average Bonchev–Trinajstić information content (AvgIpc) is 3.30. The van der Waals surface area contributed by atoms with Crippen molar-refractivity contribution in [3.05, 3.63) is 65.4 Å². The number of benzene rings is 1. The monoisotopic (exact) mass is 369 g/mol. The Morgan fingerprint density at radius 3 is 2.96 bits per heavy atom. The van der Waals surface area contributed by atoms with Crippen LogP contribution in [0.25, 0.3) is 21.5 Å². The van der Waals surface area contributed by atoms with E-state index in [0.29, 0.717) is 26.4 Å². The molecule has 0 saturated heterocycles. The van der Waals surface area contributed by atoms with Crippen LogP contribution in [0.5, 0.6) is 0 Å². The lowest BCUT2D eigenvalue weighted by Gasteiger charge is -2.07. The van der Waals surface area contributed by atoms with Gasteiger partial charge in [0, 0.05) is 28.0 Å². The fraction of sp³-hybridized carbons (Fsp3) is 0.111. The Morgan fingerprint density at radius 1 is 1.31 bits per heavy atom. The Balaban J connectivity index is 1.52. The van der Waals surface area contributed by atoms with Gasteiger partial charge in [-0.1, -0.05) is 11.2 Å². The van der Waals surface area contributed by atoms with Crippen LogP contribution in [-0.4, -0.2) is 21.1 Å². The quantitative estimate of drug-likeness (QED) is 0.496. The molecule has 0 aliphatic rings. The van der Waals surface area contributed by atoms with Crippen LogP contribution in [0.4, 0.5) is 4.39 Å². The van der Waals surface area contributed by atoms with E-state index >= 15 is 0 Å². The molecule has 4 rings (SSSR count). The van der Waals surface area contributed by atoms with Crippen molar-refractivity contribution in [3.8, 4) is 11.4 Å². The predicted molar refractivity (Wildman–Crippen MR) is 93.1 cm³/mol. The highest BCUT2D eigenvalue weighted by molar-refractivity contribution is 7.20. The van der Waals surface area contributed by atoms with Crippen molar-refractivity contribution < 1.29 is 18.4 Å². The van der Waals surface area contributed by atoms with E-state index in [1.54, 1.807) is 43.6 Å². The number of rotatable bonds is 4. The summed E-state index contributed by atoms with van der Waals surface area (Å²) in [5.74, 6) is -0.410. The van der Waals surface area contributed by atoms with Gasteiger partial charge in [0.1, 0.15) is 10.7 Å². The van der Waals surface area contributed by atoms with Crippen molar-refractivity contribution in [3.63, 3.8) is 0 Å². The van der Waals surface area contributed by atoms with Crippen LogP contribution >= 0.6 is 11.3 Å². The molecular formula is C18H12FN3O3S. The molecule has 0 amide bonds. The number of carbonyl (C=O) groups is 1. The molecule has 130 valence electrons. The van der Waals surface area contributed by atoms with E-state index in [-0.39, 0.29) is 11.7 Å². The second-order valence-electron chi connectivity index (χ2n) is 5.51. The van der Waals surface area contributed by atoms with Crippen LogP contribution in [0, 0.1) is 5.82 Å². The van der Waals surface area contributed by atoms with E-state index < -0.39 is 12.1 Å². The molecule has 0 fully saturated rings. The molecule has 1 aromatic carbocycles. The van der Waals surface area contributed by atoms with Gasteiger partial charge >= 0.3 is 5.97 Å². The molecule has 0 aliphatic heterocycles. The van der Waals surface area contributed by atoms with Crippen molar-refractivity contribution in [2.24, 2.45) is 0 Å². The first-order chi connectivity index (χ1) is 12.6. The molecule has 1 atom stereocenters. The highest BCUT2D eigenvalue weighted by Crippen LogP contribution is 2.29. The lowest BCUT2D eigenvalue weighted by Crippen LogP contribution is -2.08. The molecular weight excluding hydrogens is 357 g/mol. The molecule has 0 aliphatic carbocycles. The standard InChI is InChI=1S/C18H12FN3O3S/c1-10(17-21-16(22-25-17)11-4-3-7-20-9-11)24-18(23)15-8-12-13(19)5-2-6-14(12)26-15/h2-10H,1H3. The summed E-state index contributed by atoms with van der Waals surface area (Å²) in [7, 11) is 0. The van der Waals surface area contributed by atoms with E-state index in [1.807, 2.05) is 0 Å². The Hall–Kier alpha value is -3.13. The van der Waals surface area contributed by atoms with Gasteiger partial charge in [0.2, 0.25) is 5.82 Å². The van der Waals surface area contributed by atoms with Crippen LogP contribution in [0.3, 0.4) is 0 Å². The van der Waals surface area contributed by atoms with Crippen LogP contribution < -0.4 is 0 Å². The number of nitrogens with zero attached hydrogens (tertiary/aromatic N) is 3. The fourth-order valence-corrected chi connectivity index (χ4v) is 3.37. The number of hydrogen-bond donors (Lipinski definition) is 0. The molecule has 6 nitrogen and oxygen atoms in total. The number of pyridine rings is 1. The van der Waals surface area contributed by atoms with Gasteiger partial charge in [0.15, 0.2) is 6.10 Å². The largest absolute Gasteiger partial charge is 0.448 e. The Morgan fingerprint density at radius 2 is 2.19 bits per heavy atom. The minimum atomic E-state index is -0.740. The van der Waals surface area contributed by atoms with Crippen molar-refractivity contribution in [1.29, 1.82) is 0 Å². The first kappa shape index (κ1) is 16.3. The van der Waals surface area contributed by atoms with Gasteiger partial charge < -0.3 is 9.26 Å². The number of esters is 1. The van der Waals surface area contributed by atoms with Gasteiger partial charge in [-0.15, -0.1) is 11.3 Å². The number of carbonyl (C=O) groups excluding carboxylic acids is 1. The van der Waals surface area contributed by atoms with Gasteiger partial charge in [0.05, 0.1) is 0 Å². The number of hydrogen-bond acceptors (Lipinski definition) is 7. The van der Waals surface area contributed by atoms with Gasteiger partial charge in [-0.3, -0.25) is 4.98 Å². The smallest absolute Gasteiger partial charge is 0.349 e. The van der Waals surface area contributed by atoms with E-state index in [2.05, 4.69) is 15.1 Å². The summed E-state index contributed by atoms with van der Waals surface area (Å²) < 4.78 is 25.0. The molecule has 0 radical (unpaired) electrons. The molecule has 4 aromatic rings. The zero-order valence-corrected chi connectivity index (χ0v) is 14.4. The number of halogens is 1. The number of aromatic nitrogens is 3. The van der Waals surface area contributed by atoms with E-state index in [9.17, 15) is 9.18 Å². The summed E-state index contributed by atoms with van der Waals surface area (Å²) in [6.45, 7) is 1.63. The van der Waals surface area contributed by atoms with Crippen molar-refractivity contribution in [1.82, 2.24) is 15.1 Å². The third kappa shape index (κ3) is 3.06. The summed E-state index contributed by atoms with van der Waals surface area (Å²) in [6, 6.07) is 9.75. The Bertz CT molecular complexity index is 1080. The van der Waals surface area contributed by atoms with Crippen molar-refractivity contribution in [2.45, 2.75) is 13.0 Å². The highest BCUT2D eigenvalue weighted by atomic mass is 32.1. The zero-order valence-electron chi connectivity index (χ0n) is 13.5. The normalized spacial score (nSPS) is 12.2. The third-order valence-corrected chi connectivity index (χ3v) is 4.78. The molecule has 26 heavy (non-hydrogen) atoms. The summed E-state index contributed by atoms with van der Waals surface area (Å²) in [4.78, 5) is 20.9. The summed E-state index contributed by atoms with van der Waals surface area (Å²) >= 11 is 1.17. The maximum Gasteiger partial charge on any atom is 0.349 e. The minimum absolute atomic E-state index is 0.171. The van der Waals surface area contributed by atoms with Crippen LogP contribution in [0.2, 0.25) is 0 Å². The molecule has 0 N–H and O–H groups in total. The average molecular weight is 369 g/mol. The predicted octanol–water partition coefficient (Wildman–Crippen LogP) is 4.40. The number of ether oxygens (including phenoxy) is 1. The minimum Gasteiger partial charge on any atom is -0.448 e. The maximum atomic E-state index is 13.8. The molecule has 8 heteroatoms. The van der Waals surface area contributed by atoms with Crippen LogP contribution in [-0.2, 0) is 4.74 Å². The zero-order chi connectivity index (χ0) is 18.1. The van der Waals surface area contributed by atoms with Crippen molar-refractivity contribution >= 4 is 27.4 Å². The van der Waals surface area contributed by atoms with Crippen LogP contribution in [0.1, 0.15) is 28.6 Å². The second-order valence-corrected chi connectivity index (χ2v) is 6.59. The topological polar surface area (TPSA) is 78.1 Å². The molecule has 0 spiro atoms. The summed E-state index contributed by atoms with van der Waals surface area (Å²) in [5.41, 5.74) is 0.695. The van der Waals surface area contributed by atoms with E-state index in [0.717, 1.165) is 0 Å². The summed E-state index contributed by atoms with van der Waals surface area (Å²) in [5, 5.41) is 4.27. The lowest BCUT2D eigenvalue weighted by molar-refractivity contribution is 0.0271. The van der Waals surface area contributed by atoms with E-state index in [1.165, 1.54) is 23.5 Å². The molecule has 3 aromatic heterocycles. The van der Waals surface area contributed by atoms with Crippen molar-refractivity contribution in [2.75, 3.05) is 0 Å². The first-order valence-corrected chi connectivity index (χ1v) is 8.56. The second kappa shape index (κ2) is 6.64. The van der Waals surface area contributed by atoms with Gasteiger partial charge in [-0.05, 0) is 37.3 Å². The van der Waals surface area contributed by atoms with Gasteiger partial charge in [0.25, 0.3) is 5.89 Å². The fourth-order valence-electron chi connectivity index (χ4n) is 2.41. The van der Waals surface area contributed by atoms with Crippen LogP contribution in [0.15, 0.2) is 53.3 Å². The van der Waals surface area contributed by atoms with E-state index in [4.69, 9.17) is 9.26 Å². The van der Waals surface area contributed by atoms with Gasteiger partial charge in [-0.25, -0.2) is 9.18 Å². The number of fused-ring (bicyclic) bond motifs is 1. The third-order valence-electron chi connectivity index (χ3n) is 3.70. The summed E-state index contributed by atoms with van der Waals surface area (Å²) in [6.07, 6.45) is 2.51. The maximum absolute atomic E-state index is 13.8. The first-order valence-electron chi connectivity index (χ1n) is 7.75. The van der Waals surface area contributed by atoms with Gasteiger partial charge in [-0.2, -0.15) is 4.98 Å². The molecule has 3 heterocycles. The molecule has 0 saturated carbocycles. The SMILES string of the molecule is CC(OC(=O)c1cc2c(F)cccc2s1)c1nc(-c2cccnc2)no1. The molecule has 1 unspecified atom stereocenters. The highest BCUT2D eigenvalue weighted by Gasteiger charge is 2.22. The number of thiophene rings is 1. The lowest BCUT2D eigenvalue weighted by atomic mass is 10.2. The molecule has 0 bridgehead atoms.